The lowest BCUT2D eigenvalue weighted by Crippen LogP contribution is -2.33. The van der Waals surface area contributed by atoms with E-state index in [1.165, 1.54) is 0 Å². The van der Waals surface area contributed by atoms with Crippen molar-refractivity contribution < 1.29 is 19.0 Å². The zero-order valence-corrected chi connectivity index (χ0v) is 18.8. The maximum Gasteiger partial charge on any atom is 0.331 e. The molecule has 2 aromatic carbocycles. The number of esters is 1. The Hall–Kier alpha value is -2.50. The van der Waals surface area contributed by atoms with E-state index in [9.17, 15) is 4.79 Å². The van der Waals surface area contributed by atoms with E-state index >= 15 is 0 Å². The summed E-state index contributed by atoms with van der Waals surface area (Å²) < 4.78 is 17.2. The first-order valence-electron chi connectivity index (χ1n) is 11.1. The molecular formula is C26H33NO4. The lowest BCUT2D eigenvalue weighted by Gasteiger charge is -2.25. The van der Waals surface area contributed by atoms with E-state index in [2.05, 4.69) is 0 Å². The summed E-state index contributed by atoms with van der Waals surface area (Å²) in [5, 5.41) is 0. The van der Waals surface area contributed by atoms with Gasteiger partial charge in [0.25, 0.3) is 0 Å². The van der Waals surface area contributed by atoms with Crippen LogP contribution in [-0.2, 0) is 19.0 Å². The molecule has 2 unspecified atom stereocenters. The van der Waals surface area contributed by atoms with E-state index in [1.807, 2.05) is 81.4 Å². The van der Waals surface area contributed by atoms with E-state index in [4.69, 9.17) is 19.2 Å². The fraction of sp³-hybridized carbons (Fsp3) is 0.462. The molecule has 0 aliphatic carbocycles. The van der Waals surface area contributed by atoms with Gasteiger partial charge in [-0.15, -0.1) is 0 Å². The standard InChI is InChI=1S/C26H33NO4/c1-26(2,3)31-25(28)22(17-19-30-23-16-10-11-18-29-23)27-24(20-12-6-4-7-13-20)21-14-8-5-9-15-21/h4-9,12-15,22-23H,10-11,16-19H2,1-3H3. The van der Waals surface area contributed by atoms with Crippen LogP contribution in [-0.4, -0.2) is 42.8 Å². The Balaban J connectivity index is 1.85. The number of hydrogen-bond acceptors (Lipinski definition) is 5. The van der Waals surface area contributed by atoms with E-state index in [0.717, 1.165) is 42.7 Å². The second-order valence-electron chi connectivity index (χ2n) is 8.71. The van der Waals surface area contributed by atoms with Crippen LogP contribution in [0.25, 0.3) is 0 Å². The van der Waals surface area contributed by atoms with Crippen LogP contribution in [0, 0.1) is 0 Å². The normalized spacial score (nSPS) is 17.6. The molecule has 0 N–H and O–H groups in total. The third-order valence-corrected chi connectivity index (χ3v) is 4.89. The van der Waals surface area contributed by atoms with Crippen molar-refractivity contribution in [3.05, 3.63) is 71.8 Å². The fourth-order valence-electron chi connectivity index (χ4n) is 3.42. The molecule has 5 nitrogen and oxygen atoms in total. The highest BCUT2D eigenvalue weighted by Gasteiger charge is 2.26. The van der Waals surface area contributed by atoms with E-state index in [0.29, 0.717) is 13.0 Å². The Labute approximate surface area is 185 Å². The quantitative estimate of drug-likeness (QED) is 0.434. The minimum atomic E-state index is -0.668. The van der Waals surface area contributed by atoms with Gasteiger partial charge < -0.3 is 14.2 Å². The number of benzene rings is 2. The fourth-order valence-corrected chi connectivity index (χ4v) is 3.42. The molecule has 1 heterocycles. The highest BCUT2D eigenvalue weighted by Crippen LogP contribution is 2.18. The van der Waals surface area contributed by atoms with Gasteiger partial charge in [-0.1, -0.05) is 60.7 Å². The van der Waals surface area contributed by atoms with Gasteiger partial charge in [0.2, 0.25) is 0 Å². The van der Waals surface area contributed by atoms with Crippen molar-refractivity contribution in [3.63, 3.8) is 0 Å². The van der Waals surface area contributed by atoms with Crippen LogP contribution in [0.5, 0.6) is 0 Å². The molecule has 166 valence electrons. The van der Waals surface area contributed by atoms with Crippen molar-refractivity contribution in [2.24, 2.45) is 4.99 Å². The number of carbonyl (C=O) groups excluding carboxylic acids is 1. The predicted octanol–water partition coefficient (Wildman–Crippen LogP) is 5.17. The Morgan fingerprint density at radius 1 is 1.03 bits per heavy atom. The summed E-state index contributed by atoms with van der Waals surface area (Å²) in [4.78, 5) is 17.9. The van der Waals surface area contributed by atoms with E-state index in [-0.39, 0.29) is 12.3 Å². The second kappa shape index (κ2) is 11.2. The molecule has 5 heteroatoms. The van der Waals surface area contributed by atoms with E-state index < -0.39 is 11.6 Å². The van der Waals surface area contributed by atoms with Gasteiger partial charge in [0.1, 0.15) is 5.60 Å². The number of hydrogen-bond donors (Lipinski definition) is 0. The molecule has 0 aromatic heterocycles. The smallest absolute Gasteiger partial charge is 0.331 e. The zero-order chi connectivity index (χ0) is 22.1. The molecule has 1 aliphatic rings. The monoisotopic (exact) mass is 423 g/mol. The molecular weight excluding hydrogens is 390 g/mol. The number of nitrogens with zero attached hydrogens (tertiary/aromatic N) is 1. The highest BCUT2D eigenvalue weighted by molar-refractivity contribution is 6.13. The van der Waals surface area contributed by atoms with Gasteiger partial charge >= 0.3 is 5.97 Å². The van der Waals surface area contributed by atoms with E-state index in [1.54, 1.807) is 0 Å². The number of carbonyl (C=O) groups is 1. The average Bonchev–Trinajstić information content (AvgIpc) is 2.77. The molecule has 0 bridgehead atoms. The van der Waals surface area contributed by atoms with Gasteiger partial charge in [-0.25, -0.2) is 4.79 Å². The summed E-state index contributed by atoms with van der Waals surface area (Å²) in [6.45, 7) is 6.72. The second-order valence-corrected chi connectivity index (χ2v) is 8.71. The highest BCUT2D eigenvalue weighted by atomic mass is 16.7. The summed E-state index contributed by atoms with van der Waals surface area (Å²) >= 11 is 0. The van der Waals surface area contributed by atoms with Gasteiger partial charge in [-0.05, 0) is 40.0 Å². The summed E-state index contributed by atoms with van der Waals surface area (Å²) in [6, 6.07) is 19.2. The number of ether oxygens (including phenoxy) is 3. The van der Waals surface area contributed by atoms with Gasteiger partial charge in [-0.3, -0.25) is 4.99 Å². The van der Waals surface area contributed by atoms with Crippen LogP contribution in [0.15, 0.2) is 65.7 Å². The van der Waals surface area contributed by atoms with Crippen LogP contribution >= 0.6 is 0 Å². The molecule has 0 radical (unpaired) electrons. The Morgan fingerprint density at radius 3 is 2.16 bits per heavy atom. The van der Waals surface area contributed by atoms with Crippen molar-refractivity contribution >= 4 is 11.7 Å². The molecule has 2 aromatic rings. The molecule has 0 spiro atoms. The third-order valence-electron chi connectivity index (χ3n) is 4.89. The molecule has 0 saturated carbocycles. The maximum atomic E-state index is 13.0. The molecule has 1 aliphatic heterocycles. The number of aliphatic imine (C=N–C) groups is 1. The lowest BCUT2D eigenvalue weighted by atomic mass is 10.0. The summed E-state index contributed by atoms with van der Waals surface area (Å²) in [7, 11) is 0. The molecule has 31 heavy (non-hydrogen) atoms. The van der Waals surface area contributed by atoms with Crippen LogP contribution in [0.3, 0.4) is 0 Å². The molecule has 1 saturated heterocycles. The largest absolute Gasteiger partial charge is 0.458 e. The van der Waals surface area contributed by atoms with Crippen LogP contribution in [0.1, 0.15) is 57.6 Å². The first kappa shape index (κ1) is 23.2. The van der Waals surface area contributed by atoms with Gasteiger partial charge in [0.05, 0.1) is 12.3 Å². The Kier molecular flexibility index (Phi) is 8.38. The molecule has 3 rings (SSSR count). The van der Waals surface area contributed by atoms with Crippen molar-refractivity contribution in [1.29, 1.82) is 0 Å². The SMILES string of the molecule is CC(C)(C)OC(=O)C(CCOC1CCCCO1)N=C(c1ccccc1)c1ccccc1. The van der Waals surface area contributed by atoms with Crippen molar-refractivity contribution in [1.82, 2.24) is 0 Å². The summed E-state index contributed by atoms with van der Waals surface area (Å²) in [6.07, 6.45) is 3.30. The topological polar surface area (TPSA) is 57.1 Å². The Morgan fingerprint density at radius 2 is 1.65 bits per heavy atom. The minimum absolute atomic E-state index is 0.195. The lowest BCUT2D eigenvalue weighted by molar-refractivity contribution is -0.168. The first-order chi connectivity index (χ1) is 14.9. The molecule has 1 fully saturated rings. The zero-order valence-electron chi connectivity index (χ0n) is 18.8. The van der Waals surface area contributed by atoms with Gasteiger partial charge in [-0.2, -0.15) is 0 Å². The van der Waals surface area contributed by atoms with Crippen molar-refractivity contribution in [2.75, 3.05) is 13.2 Å². The minimum Gasteiger partial charge on any atom is -0.458 e. The Bertz CT molecular complexity index is 795. The molecule has 2 atom stereocenters. The third kappa shape index (κ3) is 7.60. The molecule has 0 amide bonds. The predicted molar refractivity (Wildman–Crippen MR) is 122 cm³/mol. The summed E-state index contributed by atoms with van der Waals surface area (Å²) in [5.74, 6) is -0.343. The van der Waals surface area contributed by atoms with Crippen LogP contribution in [0.2, 0.25) is 0 Å². The van der Waals surface area contributed by atoms with Gasteiger partial charge in [0, 0.05) is 24.2 Å². The van der Waals surface area contributed by atoms with Crippen molar-refractivity contribution in [2.45, 2.75) is 64.4 Å². The first-order valence-corrected chi connectivity index (χ1v) is 11.1. The van der Waals surface area contributed by atoms with Crippen LogP contribution in [0.4, 0.5) is 0 Å². The maximum absolute atomic E-state index is 13.0. The summed E-state index contributed by atoms with van der Waals surface area (Å²) in [5.41, 5.74) is 2.10. The van der Waals surface area contributed by atoms with Crippen LogP contribution < -0.4 is 0 Å². The van der Waals surface area contributed by atoms with Gasteiger partial charge in [0.15, 0.2) is 12.3 Å². The average molecular weight is 424 g/mol. The van der Waals surface area contributed by atoms with Crippen molar-refractivity contribution in [3.8, 4) is 0 Å². The number of rotatable bonds is 8.